The van der Waals surface area contributed by atoms with Crippen LogP contribution in [0.1, 0.15) is 0 Å². The number of nitrogens with two attached hydrogens (primary N) is 1. The first-order valence-corrected chi connectivity index (χ1v) is 6.82. The van der Waals surface area contributed by atoms with Crippen LogP contribution < -0.4 is 5.73 Å². The lowest BCUT2D eigenvalue weighted by molar-refractivity contribution is 1.32. The summed E-state index contributed by atoms with van der Waals surface area (Å²) >= 11 is 0. The highest BCUT2D eigenvalue weighted by Crippen LogP contribution is 2.31. The molecule has 0 saturated heterocycles. The van der Waals surface area contributed by atoms with Crippen molar-refractivity contribution in [3.05, 3.63) is 66.9 Å². The van der Waals surface area contributed by atoms with E-state index in [0.29, 0.717) is 5.82 Å². The number of hydrogen-bond acceptors (Lipinski definition) is 3. The van der Waals surface area contributed by atoms with Crippen molar-refractivity contribution >= 4 is 27.5 Å². The van der Waals surface area contributed by atoms with Gasteiger partial charge in [-0.05, 0) is 23.6 Å². The fraction of sp³-hybridized carbons (Fsp3) is 0. The molecule has 0 aliphatic heterocycles. The molecule has 2 aromatic heterocycles. The molecule has 2 aromatic carbocycles. The Hall–Kier alpha value is -2.94. The average molecular weight is 271 g/mol. The SMILES string of the molecule is Nc1ccc(-c2nc3ccccc3c3ccccc23)cn1. The smallest absolute Gasteiger partial charge is 0.123 e. The zero-order valence-corrected chi connectivity index (χ0v) is 11.3. The minimum atomic E-state index is 0.517. The third-order valence-electron chi connectivity index (χ3n) is 3.67. The van der Waals surface area contributed by atoms with E-state index in [1.54, 1.807) is 12.3 Å². The summed E-state index contributed by atoms with van der Waals surface area (Å²) in [5.74, 6) is 0.517. The maximum Gasteiger partial charge on any atom is 0.123 e. The predicted octanol–water partition coefficient (Wildman–Crippen LogP) is 4.03. The molecule has 0 radical (unpaired) electrons. The Morgan fingerprint density at radius 3 is 2.19 bits per heavy atom. The molecule has 4 rings (SSSR count). The fourth-order valence-corrected chi connectivity index (χ4v) is 2.67. The Kier molecular flexibility index (Phi) is 2.57. The van der Waals surface area contributed by atoms with Gasteiger partial charge in [-0.15, -0.1) is 0 Å². The number of nitrogens with zero attached hydrogens (tertiary/aromatic N) is 2. The van der Waals surface area contributed by atoms with E-state index in [1.165, 1.54) is 10.8 Å². The Morgan fingerprint density at radius 2 is 1.43 bits per heavy atom. The molecule has 0 saturated carbocycles. The summed E-state index contributed by atoms with van der Waals surface area (Å²) in [5.41, 5.74) is 8.58. The number of aromatic nitrogens is 2. The van der Waals surface area contributed by atoms with Gasteiger partial charge in [-0.25, -0.2) is 9.97 Å². The summed E-state index contributed by atoms with van der Waals surface area (Å²) in [6, 6.07) is 20.3. The van der Waals surface area contributed by atoms with Crippen LogP contribution in [0.15, 0.2) is 66.9 Å². The molecular weight excluding hydrogens is 258 g/mol. The molecule has 3 nitrogen and oxygen atoms in total. The summed E-state index contributed by atoms with van der Waals surface area (Å²) in [5, 5.41) is 3.50. The molecule has 100 valence electrons. The molecule has 2 N–H and O–H groups in total. The number of rotatable bonds is 1. The van der Waals surface area contributed by atoms with Crippen molar-refractivity contribution in [2.45, 2.75) is 0 Å². The van der Waals surface area contributed by atoms with Gasteiger partial charge >= 0.3 is 0 Å². The number of fused-ring (bicyclic) bond motifs is 3. The van der Waals surface area contributed by atoms with Gasteiger partial charge in [0.1, 0.15) is 5.82 Å². The van der Waals surface area contributed by atoms with E-state index in [2.05, 4.69) is 29.2 Å². The normalized spacial score (nSPS) is 11.0. The van der Waals surface area contributed by atoms with Crippen molar-refractivity contribution in [1.82, 2.24) is 9.97 Å². The van der Waals surface area contributed by atoms with Gasteiger partial charge in [-0.2, -0.15) is 0 Å². The Balaban J connectivity index is 2.13. The van der Waals surface area contributed by atoms with E-state index < -0.39 is 0 Å². The first kappa shape index (κ1) is 11.9. The van der Waals surface area contributed by atoms with Gasteiger partial charge in [-0.3, -0.25) is 0 Å². The maximum atomic E-state index is 5.68. The van der Waals surface area contributed by atoms with Gasteiger partial charge in [0.25, 0.3) is 0 Å². The first-order chi connectivity index (χ1) is 10.3. The van der Waals surface area contributed by atoms with Crippen LogP contribution in [0.5, 0.6) is 0 Å². The number of nitrogen functional groups attached to an aromatic ring is 1. The second-order valence-electron chi connectivity index (χ2n) is 4.99. The summed E-state index contributed by atoms with van der Waals surface area (Å²) in [6.07, 6.45) is 1.78. The molecule has 3 heteroatoms. The summed E-state index contributed by atoms with van der Waals surface area (Å²) in [4.78, 5) is 9.00. The number of benzene rings is 2. The third-order valence-corrected chi connectivity index (χ3v) is 3.67. The van der Waals surface area contributed by atoms with Crippen LogP contribution >= 0.6 is 0 Å². The number of para-hydroxylation sites is 1. The van der Waals surface area contributed by atoms with Crippen molar-refractivity contribution in [2.75, 3.05) is 5.73 Å². The minimum absolute atomic E-state index is 0.517. The standard InChI is InChI=1S/C18H13N3/c19-17-10-9-12(11-20-17)18-15-7-2-1-5-13(15)14-6-3-4-8-16(14)21-18/h1-11H,(H2,19,20). The lowest BCUT2D eigenvalue weighted by Gasteiger charge is -2.09. The zero-order chi connectivity index (χ0) is 14.2. The monoisotopic (exact) mass is 271 g/mol. The molecule has 0 amide bonds. The second-order valence-corrected chi connectivity index (χ2v) is 4.99. The molecular formula is C18H13N3. The number of hydrogen-bond donors (Lipinski definition) is 1. The van der Waals surface area contributed by atoms with Crippen LogP contribution in [0.4, 0.5) is 5.82 Å². The molecule has 4 aromatic rings. The van der Waals surface area contributed by atoms with Crippen molar-refractivity contribution in [3.63, 3.8) is 0 Å². The minimum Gasteiger partial charge on any atom is -0.384 e. The fourth-order valence-electron chi connectivity index (χ4n) is 2.67. The molecule has 0 fully saturated rings. The summed E-state index contributed by atoms with van der Waals surface area (Å²) in [6.45, 7) is 0. The van der Waals surface area contributed by atoms with Crippen LogP contribution in [0.3, 0.4) is 0 Å². The van der Waals surface area contributed by atoms with E-state index in [4.69, 9.17) is 10.7 Å². The van der Waals surface area contributed by atoms with Crippen molar-refractivity contribution in [2.24, 2.45) is 0 Å². The maximum absolute atomic E-state index is 5.68. The molecule has 0 spiro atoms. The lowest BCUT2D eigenvalue weighted by atomic mass is 10.0. The van der Waals surface area contributed by atoms with Gasteiger partial charge in [0.2, 0.25) is 0 Å². The van der Waals surface area contributed by atoms with Crippen LogP contribution in [0.25, 0.3) is 32.9 Å². The molecule has 0 atom stereocenters. The summed E-state index contributed by atoms with van der Waals surface area (Å²) in [7, 11) is 0. The van der Waals surface area contributed by atoms with Gasteiger partial charge in [-0.1, -0.05) is 42.5 Å². The van der Waals surface area contributed by atoms with E-state index >= 15 is 0 Å². The highest BCUT2D eigenvalue weighted by atomic mass is 14.8. The van der Waals surface area contributed by atoms with E-state index in [-0.39, 0.29) is 0 Å². The lowest BCUT2D eigenvalue weighted by Crippen LogP contribution is -1.92. The molecule has 21 heavy (non-hydrogen) atoms. The highest BCUT2D eigenvalue weighted by Gasteiger charge is 2.09. The van der Waals surface area contributed by atoms with Gasteiger partial charge in [0.15, 0.2) is 0 Å². The van der Waals surface area contributed by atoms with Crippen LogP contribution in [0, 0.1) is 0 Å². The Bertz CT molecular complexity index is 943. The Labute approximate surface area is 122 Å². The third kappa shape index (κ3) is 1.91. The topological polar surface area (TPSA) is 51.8 Å². The van der Waals surface area contributed by atoms with Gasteiger partial charge in [0, 0.05) is 22.5 Å². The van der Waals surface area contributed by atoms with E-state index in [0.717, 1.165) is 22.2 Å². The van der Waals surface area contributed by atoms with Gasteiger partial charge in [0.05, 0.1) is 11.2 Å². The summed E-state index contributed by atoms with van der Waals surface area (Å²) < 4.78 is 0. The van der Waals surface area contributed by atoms with Crippen LogP contribution in [-0.4, -0.2) is 9.97 Å². The molecule has 2 heterocycles. The Morgan fingerprint density at radius 1 is 0.714 bits per heavy atom. The quantitative estimate of drug-likeness (QED) is 0.532. The second kappa shape index (κ2) is 4.56. The molecule has 0 unspecified atom stereocenters. The molecule has 0 aliphatic rings. The van der Waals surface area contributed by atoms with E-state index in [9.17, 15) is 0 Å². The van der Waals surface area contributed by atoms with Crippen LogP contribution in [-0.2, 0) is 0 Å². The van der Waals surface area contributed by atoms with Crippen molar-refractivity contribution in [1.29, 1.82) is 0 Å². The predicted molar refractivity (Wildman–Crippen MR) is 86.9 cm³/mol. The average Bonchev–Trinajstić information content (AvgIpc) is 2.55. The highest BCUT2D eigenvalue weighted by molar-refractivity contribution is 6.10. The number of anilines is 1. The molecule has 0 bridgehead atoms. The van der Waals surface area contributed by atoms with E-state index in [1.807, 2.05) is 30.3 Å². The van der Waals surface area contributed by atoms with Crippen LogP contribution in [0.2, 0.25) is 0 Å². The van der Waals surface area contributed by atoms with Crippen molar-refractivity contribution in [3.8, 4) is 11.3 Å². The number of pyridine rings is 2. The van der Waals surface area contributed by atoms with Crippen molar-refractivity contribution < 1.29 is 0 Å². The van der Waals surface area contributed by atoms with Gasteiger partial charge < -0.3 is 5.73 Å². The zero-order valence-electron chi connectivity index (χ0n) is 11.3. The first-order valence-electron chi connectivity index (χ1n) is 6.82. The molecule has 0 aliphatic carbocycles. The largest absolute Gasteiger partial charge is 0.384 e.